The Morgan fingerprint density at radius 1 is 1.17 bits per heavy atom. The van der Waals surface area contributed by atoms with Gasteiger partial charge in [0.25, 0.3) is 0 Å². The van der Waals surface area contributed by atoms with E-state index in [4.69, 9.17) is 4.74 Å². The molecule has 0 aliphatic carbocycles. The molecule has 3 fully saturated rings. The van der Waals surface area contributed by atoms with E-state index in [2.05, 4.69) is 20.1 Å². The van der Waals surface area contributed by atoms with Crippen LogP contribution < -0.4 is 9.64 Å². The number of benzene rings is 1. The fourth-order valence-corrected chi connectivity index (χ4v) is 9.28. The lowest BCUT2D eigenvalue weighted by Gasteiger charge is -2.40. The summed E-state index contributed by atoms with van der Waals surface area (Å²) in [5.74, 6) is -0.927. The Balaban J connectivity index is 1.73. The Morgan fingerprint density at radius 2 is 1.85 bits per heavy atom. The number of amides is 3. The molecule has 9 heteroatoms. The first-order valence-electron chi connectivity index (χ1n) is 14.9. The number of aliphatic hydroxyl groups is 1. The number of rotatable bonds is 14. The van der Waals surface area contributed by atoms with Crippen molar-refractivity contribution in [1.82, 2.24) is 9.80 Å². The van der Waals surface area contributed by atoms with E-state index in [0.29, 0.717) is 31.8 Å². The average molecular weight is 584 g/mol. The minimum Gasteiger partial charge on any atom is -0.494 e. The van der Waals surface area contributed by atoms with E-state index >= 15 is 0 Å². The van der Waals surface area contributed by atoms with E-state index in [1.807, 2.05) is 43.0 Å². The Bertz CT molecular complexity index is 1140. The third-order valence-corrected chi connectivity index (χ3v) is 10.8. The highest BCUT2D eigenvalue weighted by Crippen LogP contribution is 2.67. The number of hydrogen-bond acceptors (Lipinski definition) is 6. The predicted molar refractivity (Wildman–Crippen MR) is 164 cm³/mol. The van der Waals surface area contributed by atoms with E-state index in [1.54, 1.807) is 40.6 Å². The highest BCUT2D eigenvalue weighted by atomic mass is 32.2. The number of anilines is 1. The van der Waals surface area contributed by atoms with Gasteiger partial charge in [0.2, 0.25) is 17.7 Å². The molecule has 3 unspecified atom stereocenters. The highest BCUT2D eigenvalue weighted by molar-refractivity contribution is 8.02. The van der Waals surface area contributed by atoms with Crippen molar-refractivity contribution >= 4 is 35.2 Å². The van der Waals surface area contributed by atoms with Crippen molar-refractivity contribution < 1.29 is 24.2 Å². The van der Waals surface area contributed by atoms with Gasteiger partial charge in [0, 0.05) is 30.1 Å². The molecular formula is C32H45N3O5S. The number of carbonyl (C=O) groups excluding carboxylic acids is 3. The molecule has 3 aliphatic rings. The number of thioether (sulfide) groups is 1. The molecule has 3 aliphatic heterocycles. The lowest BCUT2D eigenvalue weighted by atomic mass is 9.70. The van der Waals surface area contributed by atoms with Crippen molar-refractivity contribution in [3.8, 4) is 5.75 Å². The van der Waals surface area contributed by atoms with Crippen molar-refractivity contribution in [2.75, 3.05) is 31.2 Å². The number of carbonyl (C=O) groups is 3. The van der Waals surface area contributed by atoms with Crippen LogP contribution in [0.15, 0.2) is 49.6 Å². The monoisotopic (exact) mass is 583 g/mol. The first kappa shape index (κ1) is 31.2. The first-order chi connectivity index (χ1) is 19.7. The molecular weight excluding hydrogens is 538 g/mol. The summed E-state index contributed by atoms with van der Waals surface area (Å²) in [5, 5.41) is 10.1. The Kier molecular flexibility index (Phi) is 9.90. The maximum Gasteiger partial charge on any atom is 0.247 e. The second-order valence-corrected chi connectivity index (χ2v) is 13.0. The van der Waals surface area contributed by atoms with Crippen LogP contribution in [-0.4, -0.2) is 87.1 Å². The van der Waals surface area contributed by atoms with Crippen molar-refractivity contribution in [1.29, 1.82) is 0 Å². The van der Waals surface area contributed by atoms with Crippen LogP contribution in [0.1, 0.15) is 53.4 Å². The average Bonchev–Trinajstić information content (AvgIpc) is 3.61. The summed E-state index contributed by atoms with van der Waals surface area (Å²) in [6.45, 7) is 16.5. The Labute approximate surface area is 248 Å². The van der Waals surface area contributed by atoms with Crippen molar-refractivity contribution in [2.24, 2.45) is 11.8 Å². The normalized spacial score (nSPS) is 27.7. The summed E-state index contributed by atoms with van der Waals surface area (Å²) in [4.78, 5) is 48.3. The van der Waals surface area contributed by atoms with Gasteiger partial charge in [-0.2, -0.15) is 0 Å². The molecule has 1 aromatic rings. The zero-order valence-electron chi connectivity index (χ0n) is 24.8. The topological polar surface area (TPSA) is 90.4 Å². The second-order valence-electron chi connectivity index (χ2n) is 11.4. The molecule has 0 saturated carbocycles. The van der Waals surface area contributed by atoms with Crippen molar-refractivity contribution in [2.45, 2.75) is 81.5 Å². The van der Waals surface area contributed by atoms with Crippen LogP contribution in [0.2, 0.25) is 0 Å². The van der Waals surface area contributed by atoms with Crippen LogP contribution in [0.25, 0.3) is 0 Å². The van der Waals surface area contributed by atoms with E-state index in [0.717, 1.165) is 25.0 Å². The third-order valence-electron chi connectivity index (χ3n) is 8.88. The largest absolute Gasteiger partial charge is 0.494 e. The summed E-state index contributed by atoms with van der Waals surface area (Å²) in [5.41, 5.74) is 0.712. The zero-order valence-corrected chi connectivity index (χ0v) is 25.6. The number of aliphatic hydroxyl groups excluding tert-OH is 1. The molecule has 224 valence electrons. The molecule has 1 spiro atoms. The van der Waals surface area contributed by atoms with Gasteiger partial charge in [0.05, 0.1) is 35.8 Å². The molecule has 1 aromatic carbocycles. The van der Waals surface area contributed by atoms with Crippen LogP contribution >= 0.6 is 11.8 Å². The summed E-state index contributed by atoms with van der Waals surface area (Å²) in [7, 11) is 0. The molecule has 0 aromatic heterocycles. The van der Waals surface area contributed by atoms with Crippen molar-refractivity contribution in [3.05, 3.63) is 49.6 Å². The van der Waals surface area contributed by atoms with Crippen LogP contribution in [0.3, 0.4) is 0 Å². The maximum absolute atomic E-state index is 14.4. The fraction of sp³-hybridized carbons (Fsp3) is 0.594. The van der Waals surface area contributed by atoms with Gasteiger partial charge in [0.15, 0.2) is 0 Å². The summed E-state index contributed by atoms with van der Waals surface area (Å²) in [6, 6.07) is 6.07. The number of fused-ring (bicyclic) bond motifs is 1. The number of nitrogens with zero attached hydrogens (tertiary/aromatic N) is 3. The molecule has 41 heavy (non-hydrogen) atoms. The lowest BCUT2D eigenvalue weighted by Crippen LogP contribution is -2.58. The van der Waals surface area contributed by atoms with Crippen molar-refractivity contribution in [3.63, 3.8) is 0 Å². The van der Waals surface area contributed by atoms with Crippen LogP contribution in [0.4, 0.5) is 5.69 Å². The molecule has 7 atom stereocenters. The van der Waals surface area contributed by atoms with Gasteiger partial charge in [0.1, 0.15) is 11.8 Å². The summed E-state index contributed by atoms with van der Waals surface area (Å²) in [6.07, 6.45) is 6.62. The predicted octanol–water partition coefficient (Wildman–Crippen LogP) is 4.28. The third kappa shape index (κ3) is 5.43. The first-order valence-corrected chi connectivity index (χ1v) is 15.8. The number of hydrogen-bond donors (Lipinski definition) is 1. The van der Waals surface area contributed by atoms with Crippen LogP contribution in [-0.2, 0) is 14.4 Å². The standard InChI is InChI=1S/C32H45N3O5S/c1-7-11-21(5)33(18-8-2)31(39)28-32-17-16-25(41-32)26(27(32)30(38)35(28)22(6)20-36)29(37)34(19-9-3)23-12-14-24(15-13-23)40-10-4/h8-9,12-15,21-22,25-28,36H,2-3,7,10-11,16-20H2,1,4-6H3/t21?,22-,25-,26+,27+,28?,32?/m1/s1. The minimum atomic E-state index is -0.743. The van der Waals surface area contributed by atoms with Gasteiger partial charge in [-0.1, -0.05) is 25.5 Å². The van der Waals surface area contributed by atoms with Crippen LogP contribution in [0.5, 0.6) is 5.75 Å². The quantitative estimate of drug-likeness (QED) is 0.329. The number of ether oxygens (including phenoxy) is 1. The van der Waals surface area contributed by atoms with E-state index in [-0.39, 0.29) is 35.6 Å². The van der Waals surface area contributed by atoms with Gasteiger partial charge >= 0.3 is 0 Å². The smallest absolute Gasteiger partial charge is 0.247 e. The molecule has 2 bridgehead atoms. The van der Waals surface area contributed by atoms with Gasteiger partial charge in [-0.15, -0.1) is 24.9 Å². The van der Waals surface area contributed by atoms with Crippen LogP contribution in [0, 0.1) is 11.8 Å². The SMILES string of the molecule is C=CCN(C(=O)[C@@H]1[C@H]2C(=O)N([C@H](C)CO)C(C(=O)N(CC=C)C(C)CCC)C23CC[C@H]1S3)c1ccc(OCC)cc1. The molecule has 1 N–H and O–H groups in total. The van der Waals surface area contributed by atoms with Gasteiger partial charge in [-0.25, -0.2) is 0 Å². The minimum absolute atomic E-state index is 0.0221. The van der Waals surface area contributed by atoms with E-state index in [1.165, 1.54) is 0 Å². The summed E-state index contributed by atoms with van der Waals surface area (Å²) >= 11 is 1.65. The molecule has 3 amide bonds. The summed E-state index contributed by atoms with van der Waals surface area (Å²) < 4.78 is 4.86. The lowest BCUT2D eigenvalue weighted by molar-refractivity contribution is -0.146. The molecule has 3 saturated heterocycles. The zero-order chi connectivity index (χ0) is 29.9. The molecule has 4 rings (SSSR count). The molecule has 8 nitrogen and oxygen atoms in total. The van der Waals surface area contributed by atoms with E-state index in [9.17, 15) is 19.5 Å². The Hall–Kier alpha value is -2.78. The molecule has 3 heterocycles. The molecule has 0 radical (unpaired) electrons. The Morgan fingerprint density at radius 3 is 2.44 bits per heavy atom. The maximum atomic E-state index is 14.4. The van der Waals surface area contributed by atoms with Gasteiger partial charge < -0.3 is 24.5 Å². The second kappa shape index (κ2) is 13.0. The van der Waals surface area contributed by atoms with E-state index < -0.39 is 28.7 Å². The fourth-order valence-electron chi connectivity index (χ4n) is 7.09. The highest BCUT2D eigenvalue weighted by Gasteiger charge is 2.74. The van der Waals surface area contributed by atoms with Gasteiger partial charge in [-0.05, 0) is 64.3 Å². The van der Waals surface area contributed by atoms with Gasteiger partial charge in [-0.3, -0.25) is 14.4 Å². The number of likely N-dealkylation sites (tertiary alicyclic amines) is 1.